The zero-order valence-electron chi connectivity index (χ0n) is 6.37. The highest BCUT2D eigenvalue weighted by atomic mass is 19.4. The van der Waals surface area contributed by atoms with Crippen molar-refractivity contribution in [2.24, 2.45) is 0 Å². The van der Waals surface area contributed by atoms with Gasteiger partial charge in [-0.3, -0.25) is 0 Å². The molecule has 0 aromatic heterocycles. The minimum Gasteiger partial charge on any atom is -0.301 e. The summed E-state index contributed by atoms with van der Waals surface area (Å²) in [6.07, 6.45) is -4.34. The van der Waals surface area contributed by atoms with Gasteiger partial charge in [-0.15, -0.1) is 0 Å². The van der Waals surface area contributed by atoms with E-state index in [0.717, 1.165) is 12.1 Å². The molecule has 0 unspecified atom stereocenters. The fourth-order valence-corrected chi connectivity index (χ4v) is 0.798. The van der Waals surface area contributed by atoms with Crippen molar-refractivity contribution in [2.75, 3.05) is 0 Å². The Kier molecular flexibility index (Phi) is 2.00. The van der Waals surface area contributed by atoms with Gasteiger partial charge >= 0.3 is 6.18 Å². The van der Waals surface area contributed by atoms with Crippen LogP contribution in [0.2, 0.25) is 0 Å². The first kappa shape index (κ1) is 8.90. The third-order valence-electron chi connectivity index (χ3n) is 1.56. The first-order valence-electron chi connectivity index (χ1n) is 3.30. The average Bonchev–Trinajstić information content (AvgIpc) is 1.92. The normalized spacial score (nSPS) is 11.7. The van der Waals surface area contributed by atoms with Crippen molar-refractivity contribution in [3.8, 4) is 0 Å². The molecule has 0 aliphatic carbocycles. The molecule has 1 N–H and O–H groups in total. The number of benzene rings is 1. The van der Waals surface area contributed by atoms with Crippen LogP contribution < -0.4 is 5.73 Å². The lowest BCUT2D eigenvalue weighted by Gasteiger charge is -2.07. The number of hydrogen-bond acceptors (Lipinski definition) is 0. The summed E-state index contributed by atoms with van der Waals surface area (Å²) in [5, 5.41) is 0. The fraction of sp³-hybridized carbons (Fsp3) is 0.250. The molecular formula is C8H7F3N. The molecule has 0 atom stereocenters. The van der Waals surface area contributed by atoms with E-state index in [4.69, 9.17) is 5.73 Å². The maximum Gasteiger partial charge on any atom is 0.416 e. The number of hydrogen-bond donors (Lipinski definition) is 0. The first-order valence-corrected chi connectivity index (χ1v) is 3.30. The van der Waals surface area contributed by atoms with Crippen molar-refractivity contribution in [3.05, 3.63) is 29.3 Å². The molecule has 0 saturated carbocycles. The molecule has 0 spiro atoms. The Morgan fingerprint density at radius 2 is 1.83 bits per heavy atom. The van der Waals surface area contributed by atoms with E-state index in [9.17, 15) is 13.2 Å². The van der Waals surface area contributed by atoms with Gasteiger partial charge in [0.1, 0.15) is 0 Å². The van der Waals surface area contributed by atoms with Crippen LogP contribution in [0.5, 0.6) is 0 Å². The second-order valence-corrected chi connectivity index (χ2v) is 2.53. The summed E-state index contributed by atoms with van der Waals surface area (Å²) >= 11 is 0. The maximum atomic E-state index is 12.0. The Morgan fingerprint density at radius 3 is 2.25 bits per heavy atom. The molecule has 1 aromatic rings. The van der Waals surface area contributed by atoms with Gasteiger partial charge in [0.2, 0.25) is 0 Å². The van der Waals surface area contributed by atoms with Gasteiger partial charge < -0.3 is 5.73 Å². The van der Waals surface area contributed by atoms with E-state index in [1.165, 1.54) is 6.07 Å². The Bertz CT molecular complexity index is 291. The van der Waals surface area contributed by atoms with E-state index >= 15 is 0 Å². The summed E-state index contributed by atoms with van der Waals surface area (Å²) in [5.74, 6) is 0. The van der Waals surface area contributed by atoms with E-state index in [-0.39, 0.29) is 5.69 Å². The Morgan fingerprint density at radius 1 is 1.25 bits per heavy atom. The number of nitrogens with one attached hydrogen (secondary N) is 1. The monoisotopic (exact) mass is 174 g/mol. The van der Waals surface area contributed by atoms with Gasteiger partial charge in [-0.05, 0) is 24.6 Å². The second kappa shape index (κ2) is 2.69. The standard InChI is InChI=1S/C8H7F3N/c1-5-2-3-6(4-7(5)12)8(9,10)11/h2-4,12H,1H3. The number of aryl methyl sites for hydroxylation is 1. The SMILES string of the molecule is Cc1ccc(C(F)(F)F)cc1[NH]. The van der Waals surface area contributed by atoms with Crippen molar-refractivity contribution in [1.29, 1.82) is 0 Å². The van der Waals surface area contributed by atoms with Crippen molar-refractivity contribution in [2.45, 2.75) is 13.1 Å². The van der Waals surface area contributed by atoms with Gasteiger partial charge in [-0.25, -0.2) is 0 Å². The fourth-order valence-electron chi connectivity index (χ4n) is 0.798. The first-order chi connectivity index (χ1) is 5.41. The number of rotatable bonds is 0. The van der Waals surface area contributed by atoms with Crippen molar-refractivity contribution in [1.82, 2.24) is 5.73 Å². The molecule has 12 heavy (non-hydrogen) atoms. The van der Waals surface area contributed by atoms with E-state index in [1.54, 1.807) is 6.92 Å². The van der Waals surface area contributed by atoms with Gasteiger partial charge in [0.05, 0.1) is 11.3 Å². The highest BCUT2D eigenvalue weighted by molar-refractivity contribution is 5.45. The minimum atomic E-state index is -4.34. The number of halogens is 3. The molecule has 1 rings (SSSR count). The molecule has 0 aliphatic heterocycles. The van der Waals surface area contributed by atoms with Crippen LogP contribution in [0.15, 0.2) is 18.2 Å². The highest BCUT2D eigenvalue weighted by Gasteiger charge is 2.30. The predicted octanol–water partition coefficient (Wildman–Crippen LogP) is 2.93. The molecule has 1 nitrogen and oxygen atoms in total. The van der Waals surface area contributed by atoms with Crippen LogP contribution in [0.3, 0.4) is 0 Å². The van der Waals surface area contributed by atoms with Gasteiger partial charge in [0.15, 0.2) is 0 Å². The van der Waals surface area contributed by atoms with Crippen LogP contribution in [0.4, 0.5) is 18.9 Å². The number of alkyl halides is 3. The molecular weight excluding hydrogens is 167 g/mol. The lowest BCUT2D eigenvalue weighted by atomic mass is 10.1. The van der Waals surface area contributed by atoms with Crippen LogP contribution in [0.25, 0.3) is 0 Å². The lowest BCUT2D eigenvalue weighted by molar-refractivity contribution is -0.137. The molecule has 4 heteroatoms. The topological polar surface area (TPSA) is 23.8 Å². The van der Waals surface area contributed by atoms with Crippen LogP contribution in [-0.4, -0.2) is 0 Å². The second-order valence-electron chi connectivity index (χ2n) is 2.53. The third kappa shape index (κ3) is 1.69. The summed E-state index contributed by atoms with van der Waals surface area (Å²) in [5.41, 5.74) is 6.84. The molecule has 65 valence electrons. The molecule has 0 heterocycles. The van der Waals surface area contributed by atoms with Crippen LogP contribution in [0.1, 0.15) is 11.1 Å². The van der Waals surface area contributed by atoms with Crippen LogP contribution in [-0.2, 0) is 6.18 Å². The molecule has 1 radical (unpaired) electrons. The van der Waals surface area contributed by atoms with Crippen molar-refractivity contribution in [3.63, 3.8) is 0 Å². The smallest absolute Gasteiger partial charge is 0.301 e. The van der Waals surface area contributed by atoms with Crippen molar-refractivity contribution < 1.29 is 13.2 Å². The van der Waals surface area contributed by atoms with Gasteiger partial charge in [0, 0.05) is 0 Å². The largest absolute Gasteiger partial charge is 0.416 e. The lowest BCUT2D eigenvalue weighted by Crippen LogP contribution is -2.04. The highest BCUT2D eigenvalue weighted by Crippen LogP contribution is 2.31. The molecule has 1 aromatic carbocycles. The van der Waals surface area contributed by atoms with E-state index in [1.807, 2.05) is 0 Å². The van der Waals surface area contributed by atoms with E-state index in [2.05, 4.69) is 0 Å². The Hall–Kier alpha value is -1.19. The summed E-state index contributed by atoms with van der Waals surface area (Å²) in [6.45, 7) is 1.60. The van der Waals surface area contributed by atoms with Crippen LogP contribution >= 0.6 is 0 Å². The summed E-state index contributed by atoms with van der Waals surface area (Å²) in [6, 6.07) is 3.11. The molecule has 0 amide bonds. The zero-order chi connectivity index (χ0) is 9.35. The van der Waals surface area contributed by atoms with Gasteiger partial charge in [-0.1, -0.05) is 6.07 Å². The maximum absolute atomic E-state index is 12.0. The molecule has 0 saturated heterocycles. The van der Waals surface area contributed by atoms with Gasteiger partial charge in [-0.2, -0.15) is 13.2 Å². The quantitative estimate of drug-likeness (QED) is 0.577. The summed E-state index contributed by atoms with van der Waals surface area (Å²) in [7, 11) is 0. The third-order valence-corrected chi connectivity index (χ3v) is 1.56. The van der Waals surface area contributed by atoms with Crippen LogP contribution in [0, 0.1) is 6.92 Å². The zero-order valence-corrected chi connectivity index (χ0v) is 6.37. The summed E-state index contributed by atoms with van der Waals surface area (Å²) in [4.78, 5) is 0. The Balaban J connectivity index is 3.14. The van der Waals surface area contributed by atoms with E-state index < -0.39 is 11.7 Å². The summed E-state index contributed by atoms with van der Waals surface area (Å²) < 4.78 is 36.0. The molecule has 0 bridgehead atoms. The molecule has 0 aliphatic rings. The average molecular weight is 174 g/mol. The van der Waals surface area contributed by atoms with Crippen molar-refractivity contribution >= 4 is 5.69 Å². The minimum absolute atomic E-state index is 0.0789. The molecule has 0 fully saturated rings. The Labute approximate surface area is 68.0 Å². The predicted molar refractivity (Wildman–Crippen MR) is 38.9 cm³/mol. The van der Waals surface area contributed by atoms with Gasteiger partial charge in [0.25, 0.3) is 0 Å². The van der Waals surface area contributed by atoms with E-state index in [0.29, 0.717) is 5.56 Å².